The Hall–Kier alpha value is -1.52. The Morgan fingerprint density at radius 2 is 1.54 bits per heavy atom. The van der Waals surface area contributed by atoms with Crippen molar-refractivity contribution in [3.05, 3.63) is 11.6 Å². The topological polar surface area (TPSA) is 157 Å². The van der Waals surface area contributed by atoms with Gasteiger partial charge in [0.1, 0.15) is 24.4 Å². The summed E-state index contributed by atoms with van der Waals surface area (Å²) in [5, 5.41) is 58.1. The van der Waals surface area contributed by atoms with Gasteiger partial charge in [-0.2, -0.15) is 0 Å². The van der Waals surface area contributed by atoms with Gasteiger partial charge in [0.15, 0.2) is 6.10 Å². The van der Waals surface area contributed by atoms with Gasteiger partial charge in [-0.25, -0.2) is 0 Å². The molecule has 0 radical (unpaired) electrons. The molecule has 5 unspecified atom stereocenters. The largest absolute Gasteiger partial charge is 0.481 e. The molecule has 6 aliphatic rings. The summed E-state index contributed by atoms with van der Waals surface area (Å²) in [4.78, 5) is 26.0. The number of carboxylic acid groups (broad SMARTS) is 1. The maximum absolute atomic E-state index is 13.0. The van der Waals surface area contributed by atoms with Crippen LogP contribution in [0.3, 0.4) is 0 Å². The summed E-state index contributed by atoms with van der Waals surface area (Å²) < 4.78 is 6.03. The summed E-state index contributed by atoms with van der Waals surface area (Å²) in [5.74, 6) is -0.509. The van der Waals surface area contributed by atoms with Gasteiger partial charge in [-0.1, -0.05) is 74.0 Å². The maximum Gasteiger partial charge on any atom is 0.310 e. The molecule has 1 aliphatic heterocycles. The number of fused-ring (bicyclic) bond motifs is 7. The van der Waals surface area contributed by atoms with E-state index in [1.807, 2.05) is 13.8 Å². The zero-order valence-corrected chi connectivity index (χ0v) is 32.2. The molecule has 50 heavy (non-hydrogen) atoms. The van der Waals surface area contributed by atoms with Gasteiger partial charge in [0.05, 0.1) is 11.5 Å². The highest BCUT2D eigenvalue weighted by molar-refractivity contribution is 5.81. The Balaban J connectivity index is 1.27. The molecule has 6 rings (SSSR count). The van der Waals surface area contributed by atoms with E-state index in [-0.39, 0.29) is 50.7 Å². The second-order valence-corrected chi connectivity index (χ2v) is 20.3. The van der Waals surface area contributed by atoms with Gasteiger partial charge in [0.2, 0.25) is 0 Å². The van der Waals surface area contributed by atoms with Crippen LogP contribution in [0.2, 0.25) is 0 Å². The maximum atomic E-state index is 13.0. The van der Waals surface area contributed by atoms with Crippen molar-refractivity contribution in [2.75, 3.05) is 6.54 Å². The number of carboxylic acids is 1. The van der Waals surface area contributed by atoms with Crippen LogP contribution in [-0.4, -0.2) is 80.6 Å². The number of aliphatic carboxylic acids is 1. The van der Waals surface area contributed by atoms with Crippen molar-refractivity contribution >= 4 is 11.9 Å². The Morgan fingerprint density at radius 3 is 2.18 bits per heavy atom. The van der Waals surface area contributed by atoms with E-state index in [0.29, 0.717) is 18.9 Å². The van der Waals surface area contributed by atoms with Crippen LogP contribution in [-0.2, 0) is 14.3 Å². The van der Waals surface area contributed by atoms with Crippen LogP contribution in [0.25, 0.3) is 0 Å². The third-order valence-electron chi connectivity index (χ3n) is 16.5. The van der Waals surface area contributed by atoms with Gasteiger partial charge in [-0.05, 0) is 121 Å². The number of rotatable bonds is 6. The number of nitrogens with one attached hydrogen (secondary N) is 1. The number of amides is 1. The van der Waals surface area contributed by atoms with Crippen LogP contribution >= 0.6 is 0 Å². The number of carbonyl (C=O) groups is 2. The minimum absolute atomic E-state index is 0.00954. The predicted octanol–water partition coefficient (Wildman–Crippen LogP) is 5.47. The molecular weight excluding hydrogens is 634 g/mol. The summed E-state index contributed by atoms with van der Waals surface area (Å²) in [5.41, 5.74) is 0.431. The Bertz CT molecular complexity index is 1380. The monoisotopic (exact) mass is 701 g/mol. The molecule has 1 heterocycles. The highest BCUT2D eigenvalue weighted by atomic mass is 16.6. The lowest BCUT2D eigenvalue weighted by molar-refractivity contribution is -0.259. The quantitative estimate of drug-likeness (QED) is 0.199. The second kappa shape index (κ2) is 12.5. The molecule has 4 saturated carbocycles. The Labute approximate surface area is 300 Å². The van der Waals surface area contributed by atoms with Crippen molar-refractivity contribution in [1.29, 1.82) is 0 Å². The van der Waals surface area contributed by atoms with Gasteiger partial charge in [-0.15, -0.1) is 0 Å². The summed E-state index contributed by atoms with van der Waals surface area (Å²) in [6.07, 6.45) is 2.77. The molecular formula is C41H67NO8. The minimum Gasteiger partial charge on any atom is -0.481 e. The molecule has 0 bridgehead atoms. The molecule has 9 nitrogen and oxygen atoms in total. The van der Waals surface area contributed by atoms with E-state index < -0.39 is 53.9 Å². The second-order valence-electron chi connectivity index (χ2n) is 20.3. The van der Waals surface area contributed by atoms with Crippen molar-refractivity contribution < 1.29 is 39.9 Å². The molecule has 9 heteroatoms. The predicted molar refractivity (Wildman–Crippen MR) is 191 cm³/mol. The van der Waals surface area contributed by atoms with Crippen LogP contribution in [0.5, 0.6) is 0 Å². The SMILES string of the molecule is CC(C)CNC(=O)C1O[C@@H]([C@@H](O)[C@H]2CC[C@@]3(C)C(CC[C@]4(C)C3CC=C3C5CC(C)(C)CC[C@]5(C(=O)O)CC[C@]34C)C2(C)C)C(O)[C@@H](O)[C@@H]1O. The van der Waals surface area contributed by atoms with Gasteiger partial charge in [-0.3, -0.25) is 9.59 Å². The molecule has 0 aromatic rings. The number of aliphatic hydroxyl groups excluding tert-OH is 4. The van der Waals surface area contributed by atoms with Crippen LogP contribution in [0, 0.1) is 62.1 Å². The minimum atomic E-state index is -1.63. The number of hydrogen-bond acceptors (Lipinski definition) is 7. The number of allylic oxidation sites excluding steroid dienone is 2. The van der Waals surface area contributed by atoms with E-state index in [1.54, 1.807) is 0 Å². The molecule has 1 saturated heterocycles. The highest BCUT2D eigenvalue weighted by Gasteiger charge is 2.70. The molecule has 1 amide bonds. The summed E-state index contributed by atoms with van der Waals surface area (Å²) in [6, 6.07) is 0. The molecule has 0 aromatic heterocycles. The lowest BCUT2D eigenvalue weighted by Gasteiger charge is -2.71. The lowest BCUT2D eigenvalue weighted by Crippen LogP contribution is -2.67. The fourth-order valence-corrected chi connectivity index (χ4v) is 13.3. The van der Waals surface area contributed by atoms with E-state index in [2.05, 4.69) is 59.9 Å². The van der Waals surface area contributed by atoms with E-state index in [4.69, 9.17) is 4.74 Å². The van der Waals surface area contributed by atoms with E-state index in [0.717, 1.165) is 57.8 Å². The Kier molecular flexibility index (Phi) is 9.58. The van der Waals surface area contributed by atoms with Crippen LogP contribution < -0.4 is 5.32 Å². The first-order chi connectivity index (χ1) is 23.1. The summed E-state index contributed by atoms with van der Waals surface area (Å²) in [7, 11) is 0. The van der Waals surface area contributed by atoms with Crippen molar-refractivity contribution in [3.63, 3.8) is 0 Å². The van der Waals surface area contributed by atoms with Crippen molar-refractivity contribution in [2.24, 2.45) is 62.1 Å². The molecule has 5 fully saturated rings. The van der Waals surface area contributed by atoms with Gasteiger partial charge < -0.3 is 35.6 Å². The van der Waals surface area contributed by atoms with Crippen LogP contribution in [0.4, 0.5) is 0 Å². The van der Waals surface area contributed by atoms with Gasteiger partial charge >= 0.3 is 5.97 Å². The van der Waals surface area contributed by atoms with Crippen molar-refractivity contribution in [2.45, 2.75) is 163 Å². The third kappa shape index (κ3) is 5.48. The van der Waals surface area contributed by atoms with E-state index >= 15 is 0 Å². The fraction of sp³-hybridized carbons (Fsp3) is 0.902. The molecule has 0 aromatic carbocycles. The standard InChI is InChI=1S/C41H67NO8/c1-22(2)21-42-34(47)33-31(46)29(44)30(45)32(50-33)28(43)24-12-14-38(7)26(37(24,5)6)13-15-40(9)27(38)11-10-23-25-20-36(3,4)16-18-41(25,35(48)49)19-17-39(23,40)8/h10,22,24-33,43-46H,11-21H2,1-9H3,(H,42,47)(H,48,49)/t24-,25?,26?,27?,28+,29-,30?,31+,32+,33?,38+,39-,40-,41+/m1/s1. The first-order valence-corrected chi connectivity index (χ1v) is 19.7. The molecule has 0 spiro atoms. The molecule has 14 atom stereocenters. The van der Waals surface area contributed by atoms with Crippen molar-refractivity contribution in [1.82, 2.24) is 5.32 Å². The Morgan fingerprint density at radius 1 is 0.880 bits per heavy atom. The average Bonchev–Trinajstić information content (AvgIpc) is 3.02. The van der Waals surface area contributed by atoms with E-state index in [9.17, 15) is 35.1 Å². The first-order valence-electron chi connectivity index (χ1n) is 19.7. The molecule has 6 N–H and O–H groups in total. The molecule has 284 valence electrons. The normalized spacial score (nSPS) is 48.6. The van der Waals surface area contributed by atoms with Crippen LogP contribution in [0.15, 0.2) is 11.6 Å². The number of aliphatic hydroxyl groups is 4. The zero-order valence-electron chi connectivity index (χ0n) is 32.2. The summed E-state index contributed by atoms with van der Waals surface area (Å²) in [6.45, 7) is 20.8. The average molecular weight is 702 g/mol. The van der Waals surface area contributed by atoms with Crippen LogP contribution in [0.1, 0.15) is 127 Å². The first kappa shape index (κ1) is 38.2. The van der Waals surface area contributed by atoms with Gasteiger partial charge in [0, 0.05) is 6.54 Å². The van der Waals surface area contributed by atoms with Gasteiger partial charge in [0.25, 0.3) is 5.91 Å². The summed E-state index contributed by atoms with van der Waals surface area (Å²) >= 11 is 0. The smallest absolute Gasteiger partial charge is 0.310 e. The lowest BCUT2D eigenvalue weighted by atomic mass is 9.33. The zero-order chi connectivity index (χ0) is 37.0. The number of hydrogen-bond donors (Lipinski definition) is 6. The fourth-order valence-electron chi connectivity index (χ4n) is 13.3. The van der Waals surface area contributed by atoms with E-state index in [1.165, 1.54) is 5.57 Å². The number of carbonyl (C=O) groups excluding carboxylic acids is 1. The third-order valence-corrected chi connectivity index (χ3v) is 16.5. The molecule has 5 aliphatic carbocycles. The van der Waals surface area contributed by atoms with Crippen molar-refractivity contribution in [3.8, 4) is 0 Å². The number of ether oxygens (including phenoxy) is 1. The highest BCUT2D eigenvalue weighted by Crippen LogP contribution is 2.76.